The van der Waals surface area contributed by atoms with Crippen LogP contribution in [0.3, 0.4) is 0 Å². The second-order valence-corrected chi connectivity index (χ2v) is 6.62. The molecule has 0 spiro atoms. The van der Waals surface area contributed by atoms with Gasteiger partial charge in [-0.2, -0.15) is 0 Å². The van der Waals surface area contributed by atoms with E-state index in [1.807, 2.05) is 0 Å². The average molecular weight is 331 g/mol. The van der Waals surface area contributed by atoms with Gasteiger partial charge in [-0.15, -0.1) is 0 Å². The van der Waals surface area contributed by atoms with Crippen molar-refractivity contribution in [3.63, 3.8) is 0 Å². The van der Waals surface area contributed by atoms with Crippen molar-refractivity contribution in [1.82, 2.24) is 4.57 Å². The van der Waals surface area contributed by atoms with Crippen molar-refractivity contribution in [1.29, 1.82) is 0 Å². The molecule has 0 saturated heterocycles. The Morgan fingerprint density at radius 3 is 2.25 bits per heavy atom. The average Bonchev–Trinajstić information content (AvgIpc) is 2.79. The number of rotatable bonds is 7. The highest BCUT2D eigenvalue weighted by atomic mass is 19.1. The molecule has 130 valence electrons. The molecule has 0 aliphatic heterocycles. The predicted molar refractivity (Wildman–Crippen MR) is 96.5 cm³/mol. The van der Waals surface area contributed by atoms with Crippen LogP contribution in [0.5, 0.6) is 0 Å². The van der Waals surface area contributed by atoms with Crippen molar-refractivity contribution in [3.05, 3.63) is 51.9 Å². The monoisotopic (exact) mass is 331 g/mol. The third kappa shape index (κ3) is 3.45. The maximum Gasteiger partial charge on any atom is 0.123 e. The Morgan fingerprint density at radius 1 is 1.08 bits per heavy atom. The van der Waals surface area contributed by atoms with Crippen molar-refractivity contribution in [2.75, 3.05) is 27.4 Å². The molecule has 1 aromatic heterocycles. The largest absolute Gasteiger partial charge is 0.384 e. The Balaban J connectivity index is 2.75. The third-order valence-corrected chi connectivity index (χ3v) is 4.28. The molecule has 0 amide bonds. The van der Waals surface area contributed by atoms with Gasteiger partial charge in [0.2, 0.25) is 0 Å². The molecule has 0 atom stereocenters. The summed E-state index contributed by atoms with van der Waals surface area (Å²) in [6.45, 7) is 13.8. The van der Waals surface area contributed by atoms with Gasteiger partial charge in [0.05, 0.1) is 13.2 Å². The molecule has 0 fully saturated rings. The van der Waals surface area contributed by atoms with Gasteiger partial charge in [-0.05, 0) is 41.5 Å². The zero-order valence-electron chi connectivity index (χ0n) is 15.0. The van der Waals surface area contributed by atoms with Gasteiger partial charge in [0.1, 0.15) is 5.82 Å². The van der Waals surface area contributed by atoms with Crippen LogP contribution < -0.4 is 10.6 Å². The fourth-order valence-corrected chi connectivity index (χ4v) is 3.21. The third-order valence-electron chi connectivity index (χ3n) is 4.28. The number of ether oxygens (including phenoxy) is 2. The minimum absolute atomic E-state index is 0.255. The highest BCUT2D eigenvalue weighted by Crippen LogP contribution is 2.27. The van der Waals surface area contributed by atoms with Gasteiger partial charge in [0.25, 0.3) is 0 Å². The first kappa shape index (κ1) is 18.4. The molecule has 0 aliphatic rings. The summed E-state index contributed by atoms with van der Waals surface area (Å²) in [6.07, 6.45) is 0.745. The quantitative estimate of drug-likeness (QED) is 0.778. The molecule has 0 radical (unpaired) electrons. The van der Waals surface area contributed by atoms with Gasteiger partial charge in [0, 0.05) is 36.4 Å². The Hall–Kier alpha value is -1.91. The van der Waals surface area contributed by atoms with Gasteiger partial charge in [0.15, 0.2) is 0 Å². The maximum absolute atomic E-state index is 13.3. The lowest BCUT2D eigenvalue weighted by molar-refractivity contribution is 0.142. The van der Waals surface area contributed by atoms with E-state index >= 15 is 0 Å². The van der Waals surface area contributed by atoms with E-state index in [9.17, 15) is 4.39 Å². The minimum atomic E-state index is -0.260. The molecule has 4 heteroatoms. The van der Waals surface area contributed by atoms with Crippen LogP contribution >= 0.6 is 0 Å². The summed E-state index contributed by atoms with van der Waals surface area (Å²) >= 11 is 0. The van der Waals surface area contributed by atoms with Crippen molar-refractivity contribution >= 4 is 13.2 Å². The normalized spacial score (nSPS) is 11.9. The Morgan fingerprint density at radius 2 is 1.71 bits per heavy atom. The first-order valence-electron chi connectivity index (χ1n) is 7.99. The van der Waals surface area contributed by atoms with E-state index in [0.717, 1.165) is 33.9 Å². The van der Waals surface area contributed by atoms with Gasteiger partial charge in [-0.25, -0.2) is 4.39 Å². The van der Waals surface area contributed by atoms with Crippen molar-refractivity contribution in [3.8, 4) is 5.69 Å². The molecular weight excluding hydrogens is 305 g/mol. The molecule has 1 aromatic carbocycles. The highest BCUT2D eigenvalue weighted by molar-refractivity contribution is 5.44. The molecular formula is C20H26FNO2. The topological polar surface area (TPSA) is 23.4 Å². The van der Waals surface area contributed by atoms with Crippen LogP contribution in [0.1, 0.15) is 25.1 Å². The zero-order chi connectivity index (χ0) is 17.9. The Labute approximate surface area is 143 Å². The number of hydrogen-bond donors (Lipinski definition) is 0. The summed E-state index contributed by atoms with van der Waals surface area (Å²) in [6, 6.07) is 6.44. The lowest BCUT2D eigenvalue weighted by Gasteiger charge is -2.28. The minimum Gasteiger partial charge on any atom is -0.384 e. The van der Waals surface area contributed by atoms with Crippen LogP contribution in [0, 0.1) is 5.82 Å². The van der Waals surface area contributed by atoms with Crippen LogP contribution in [0.25, 0.3) is 18.8 Å². The van der Waals surface area contributed by atoms with E-state index in [2.05, 4.69) is 31.6 Å². The molecule has 0 unspecified atom stereocenters. The summed E-state index contributed by atoms with van der Waals surface area (Å²) in [5, 5.41) is 1.71. The van der Waals surface area contributed by atoms with E-state index in [0.29, 0.717) is 13.2 Å². The molecule has 2 rings (SSSR count). The second kappa shape index (κ2) is 7.32. The number of methoxy groups -OCH3 is 2. The predicted octanol–water partition coefficient (Wildman–Crippen LogP) is 2.55. The van der Waals surface area contributed by atoms with Gasteiger partial charge >= 0.3 is 0 Å². The molecule has 1 heterocycles. The smallest absolute Gasteiger partial charge is 0.123 e. The highest BCUT2D eigenvalue weighted by Gasteiger charge is 2.29. The summed E-state index contributed by atoms with van der Waals surface area (Å²) in [5.41, 5.74) is 2.82. The molecule has 2 aromatic rings. The number of aromatic nitrogens is 1. The van der Waals surface area contributed by atoms with Crippen LogP contribution in [-0.2, 0) is 21.3 Å². The molecule has 0 bridgehead atoms. The first-order valence-corrected chi connectivity index (χ1v) is 7.99. The molecule has 3 nitrogen and oxygen atoms in total. The fraction of sp³-hybridized carbons (Fsp3) is 0.400. The SMILES string of the molecule is C=c1c(CCOC)c(C(C)(C)COC)n(-c2ccc(F)cc2)c1=C. The van der Waals surface area contributed by atoms with Crippen LogP contribution in [0.4, 0.5) is 4.39 Å². The molecule has 24 heavy (non-hydrogen) atoms. The Kier molecular flexibility index (Phi) is 5.62. The summed E-state index contributed by atoms with van der Waals surface area (Å²) < 4.78 is 26.1. The van der Waals surface area contributed by atoms with Gasteiger partial charge < -0.3 is 14.0 Å². The molecule has 0 aliphatic carbocycles. The lowest BCUT2D eigenvalue weighted by atomic mass is 9.86. The van der Waals surface area contributed by atoms with Gasteiger partial charge in [-0.1, -0.05) is 27.0 Å². The van der Waals surface area contributed by atoms with E-state index in [1.165, 1.54) is 12.1 Å². The van der Waals surface area contributed by atoms with Crippen LogP contribution in [0.2, 0.25) is 0 Å². The van der Waals surface area contributed by atoms with E-state index in [-0.39, 0.29) is 11.2 Å². The van der Waals surface area contributed by atoms with Crippen molar-refractivity contribution < 1.29 is 13.9 Å². The molecule has 0 N–H and O–H groups in total. The number of halogens is 1. The maximum atomic E-state index is 13.3. The standard InChI is InChI=1S/C20H26FNO2/c1-14-15(2)22(17-9-7-16(21)8-10-17)19(18(14)11-12-23-5)20(3,4)13-24-6/h7-10H,1-2,11-13H2,3-6H3. The Bertz CT molecular complexity index is 791. The fourth-order valence-electron chi connectivity index (χ4n) is 3.21. The first-order chi connectivity index (χ1) is 11.3. The zero-order valence-corrected chi connectivity index (χ0v) is 15.0. The summed E-state index contributed by atoms with van der Waals surface area (Å²) in [4.78, 5) is 0. The van der Waals surface area contributed by atoms with Crippen molar-refractivity contribution in [2.24, 2.45) is 0 Å². The van der Waals surface area contributed by atoms with Crippen LogP contribution in [0.15, 0.2) is 24.3 Å². The lowest BCUT2D eigenvalue weighted by Crippen LogP contribution is -2.31. The summed E-state index contributed by atoms with van der Waals surface area (Å²) in [7, 11) is 3.38. The van der Waals surface area contributed by atoms with Crippen molar-refractivity contribution in [2.45, 2.75) is 25.7 Å². The van der Waals surface area contributed by atoms with E-state index in [1.54, 1.807) is 26.4 Å². The van der Waals surface area contributed by atoms with E-state index < -0.39 is 0 Å². The van der Waals surface area contributed by atoms with Gasteiger partial charge in [-0.3, -0.25) is 0 Å². The molecule has 0 saturated carbocycles. The number of nitrogens with zero attached hydrogens (tertiary/aromatic N) is 1. The number of hydrogen-bond acceptors (Lipinski definition) is 2. The number of benzene rings is 1. The second-order valence-electron chi connectivity index (χ2n) is 6.62. The van der Waals surface area contributed by atoms with Crippen LogP contribution in [-0.4, -0.2) is 32.0 Å². The van der Waals surface area contributed by atoms with E-state index in [4.69, 9.17) is 9.47 Å². The summed E-state index contributed by atoms with van der Waals surface area (Å²) in [5.74, 6) is -0.260.